The number of benzene rings is 1. The fraction of sp³-hybridized carbons (Fsp3) is 0.250. The Kier molecular flexibility index (Phi) is 3.45. The van der Waals surface area contributed by atoms with Gasteiger partial charge in [-0.3, -0.25) is 4.79 Å². The van der Waals surface area contributed by atoms with Crippen LogP contribution in [0.1, 0.15) is 28.3 Å². The average Bonchev–Trinajstić information content (AvgIpc) is 3.05. The van der Waals surface area contributed by atoms with E-state index in [-0.39, 0.29) is 28.2 Å². The highest BCUT2D eigenvalue weighted by atomic mass is 35.5. The van der Waals surface area contributed by atoms with Crippen LogP contribution in [0.3, 0.4) is 0 Å². The number of hydrogen-bond acceptors (Lipinski definition) is 6. The number of aromatic nitrogens is 2. The van der Waals surface area contributed by atoms with E-state index in [0.29, 0.717) is 11.5 Å². The van der Waals surface area contributed by atoms with E-state index in [4.69, 9.17) is 21.1 Å². The minimum absolute atomic E-state index is 0.195. The van der Waals surface area contributed by atoms with Crippen molar-refractivity contribution in [1.29, 1.82) is 0 Å². The van der Waals surface area contributed by atoms with Gasteiger partial charge < -0.3 is 14.8 Å². The van der Waals surface area contributed by atoms with Crippen LogP contribution in [0, 0.1) is 0 Å². The van der Waals surface area contributed by atoms with E-state index in [9.17, 15) is 4.79 Å². The molecule has 0 bridgehead atoms. The lowest BCUT2D eigenvalue weighted by molar-refractivity contribution is 0.0938. The van der Waals surface area contributed by atoms with Gasteiger partial charge in [0.15, 0.2) is 11.5 Å². The van der Waals surface area contributed by atoms with Crippen molar-refractivity contribution in [3.05, 3.63) is 33.2 Å². The van der Waals surface area contributed by atoms with Gasteiger partial charge in [-0.1, -0.05) is 17.4 Å². The van der Waals surface area contributed by atoms with E-state index < -0.39 is 0 Å². The molecule has 3 rings (SSSR count). The Labute approximate surface area is 123 Å². The molecule has 20 heavy (non-hydrogen) atoms. The minimum Gasteiger partial charge on any atom is -0.454 e. The first-order valence-corrected chi connectivity index (χ1v) is 7.02. The molecule has 0 saturated carbocycles. The van der Waals surface area contributed by atoms with Gasteiger partial charge in [0.2, 0.25) is 16.3 Å². The number of halogens is 1. The molecule has 1 amide bonds. The molecule has 0 aliphatic carbocycles. The molecule has 0 fully saturated rings. The first-order valence-electron chi connectivity index (χ1n) is 5.83. The molecule has 0 radical (unpaired) electrons. The maximum absolute atomic E-state index is 12.0. The third-order valence-electron chi connectivity index (χ3n) is 2.84. The fourth-order valence-electron chi connectivity index (χ4n) is 1.82. The van der Waals surface area contributed by atoms with Crippen LogP contribution in [0.5, 0.6) is 11.5 Å². The standard InChI is InChI=1S/C12H10ClN3O3S/c1-6(14-10(17)11-15-16-12(13)20-11)7-2-3-8-9(4-7)19-5-18-8/h2-4,6H,5H2,1H3,(H,14,17). The number of amides is 1. The number of carbonyl (C=O) groups is 1. The van der Waals surface area contributed by atoms with E-state index in [0.717, 1.165) is 16.9 Å². The zero-order valence-corrected chi connectivity index (χ0v) is 12.0. The quantitative estimate of drug-likeness (QED) is 0.942. The Balaban J connectivity index is 1.73. The Morgan fingerprint density at radius 2 is 2.20 bits per heavy atom. The third kappa shape index (κ3) is 2.54. The van der Waals surface area contributed by atoms with E-state index >= 15 is 0 Å². The maximum atomic E-state index is 12.0. The first-order chi connectivity index (χ1) is 9.63. The van der Waals surface area contributed by atoms with E-state index in [1.807, 2.05) is 25.1 Å². The molecule has 2 aromatic rings. The second-order valence-corrected chi connectivity index (χ2v) is 5.73. The van der Waals surface area contributed by atoms with Crippen LogP contribution in [-0.2, 0) is 0 Å². The van der Waals surface area contributed by atoms with Gasteiger partial charge in [0.05, 0.1) is 6.04 Å². The van der Waals surface area contributed by atoms with Crippen LogP contribution < -0.4 is 14.8 Å². The lowest BCUT2D eigenvalue weighted by Crippen LogP contribution is -2.26. The van der Waals surface area contributed by atoms with Gasteiger partial charge in [-0.05, 0) is 36.2 Å². The maximum Gasteiger partial charge on any atom is 0.282 e. The smallest absolute Gasteiger partial charge is 0.282 e. The van der Waals surface area contributed by atoms with Crippen molar-refractivity contribution in [2.24, 2.45) is 0 Å². The lowest BCUT2D eigenvalue weighted by atomic mass is 10.1. The molecule has 2 heterocycles. The summed E-state index contributed by atoms with van der Waals surface area (Å²) in [5.41, 5.74) is 0.915. The number of nitrogens with zero attached hydrogens (tertiary/aromatic N) is 2. The highest BCUT2D eigenvalue weighted by Crippen LogP contribution is 2.34. The van der Waals surface area contributed by atoms with Crippen LogP contribution in [0.15, 0.2) is 18.2 Å². The number of fused-ring (bicyclic) bond motifs is 1. The van der Waals surface area contributed by atoms with Crippen molar-refractivity contribution in [3.63, 3.8) is 0 Å². The second-order valence-electron chi connectivity index (χ2n) is 4.17. The Bertz CT molecular complexity index is 661. The highest BCUT2D eigenvalue weighted by Gasteiger charge is 2.19. The summed E-state index contributed by atoms with van der Waals surface area (Å²) in [6, 6.07) is 5.35. The Morgan fingerprint density at radius 3 is 2.95 bits per heavy atom. The summed E-state index contributed by atoms with van der Waals surface area (Å²) in [5, 5.41) is 10.4. The molecule has 1 aromatic heterocycles. The summed E-state index contributed by atoms with van der Waals surface area (Å²) in [7, 11) is 0. The van der Waals surface area contributed by atoms with Crippen molar-refractivity contribution in [2.45, 2.75) is 13.0 Å². The molecule has 8 heteroatoms. The number of ether oxygens (including phenoxy) is 2. The predicted molar refractivity (Wildman–Crippen MR) is 73.4 cm³/mol. The Hall–Kier alpha value is -1.86. The van der Waals surface area contributed by atoms with Crippen LogP contribution in [0.25, 0.3) is 0 Å². The summed E-state index contributed by atoms with van der Waals surface area (Å²) in [5.74, 6) is 1.09. The van der Waals surface area contributed by atoms with Gasteiger partial charge >= 0.3 is 0 Å². The van der Waals surface area contributed by atoms with E-state index in [1.165, 1.54) is 0 Å². The number of rotatable bonds is 3. The van der Waals surface area contributed by atoms with Crippen LogP contribution in [0.2, 0.25) is 4.47 Å². The largest absolute Gasteiger partial charge is 0.454 e. The highest BCUT2D eigenvalue weighted by molar-refractivity contribution is 7.17. The van der Waals surface area contributed by atoms with Crippen molar-refractivity contribution < 1.29 is 14.3 Å². The molecule has 104 valence electrons. The molecule has 0 spiro atoms. The zero-order chi connectivity index (χ0) is 14.1. The van der Waals surface area contributed by atoms with Gasteiger partial charge in [0, 0.05) is 0 Å². The van der Waals surface area contributed by atoms with Crippen molar-refractivity contribution in [1.82, 2.24) is 15.5 Å². The average molecular weight is 312 g/mol. The molecule has 1 aliphatic rings. The van der Waals surface area contributed by atoms with Gasteiger partial charge in [0.25, 0.3) is 5.91 Å². The Morgan fingerprint density at radius 1 is 1.40 bits per heavy atom. The van der Waals surface area contributed by atoms with E-state index in [2.05, 4.69) is 15.5 Å². The van der Waals surface area contributed by atoms with Crippen molar-refractivity contribution in [2.75, 3.05) is 6.79 Å². The lowest BCUT2D eigenvalue weighted by Gasteiger charge is -2.13. The topological polar surface area (TPSA) is 73.3 Å². The molecular weight excluding hydrogens is 302 g/mol. The van der Waals surface area contributed by atoms with Crippen LogP contribution in [0.4, 0.5) is 0 Å². The first kappa shape index (κ1) is 13.1. The molecule has 1 atom stereocenters. The summed E-state index contributed by atoms with van der Waals surface area (Å²) in [6.45, 7) is 2.10. The SMILES string of the molecule is CC(NC(=O)c1nnc(Cl)s1)c1ccc2c(c1)OCO2. The third-order valence-corrected chi connectivity index (χ3v) is 3.86. The van der Waals surface area contributed by atoms with Crippen molar-refractivity contribution in [3.8, 4) is 11.5 Å². The zero-order valence-electron chi connectivity index (χ0n) is 10.4. The predicted octanol–water partition coefficient (Wildman–Crippen LogP) is 2.41. The molecule has 0 saturated heterocycles. The normalized spacial score (nSPS) is 14.1. The molecule has 1 aliphatic heterocycles. The number of hydrogen-bond donors (Lipinski definition) is 1. The minimum atomic E-state index is -0.306. The molecule has 1 aromatic carbocycles. The fourth-order valence-corrected chi connectivity index (χ4v) is 2.55. The van der Waals surface area contributed by atoms with Crippen LogP contribution in [-0.4, -0.2) is 22.9 Å². The second kappa shape index (κ2) is 5.26. The molecular formula is C12H10ClN3O3S. The van der Waals surface area contributed by atoms with Crippen LogP contribution >= 0.6 is 22.9 Å². The summed E-state index contributed by atoms with van der Waals surface area (Å²) in [6.07, 6.45) is 0. The monoisotopic (exact) mass is 311 g/mol. The summed E-state index contributed by atoms with van der Waals surface area (Å²) in [4.78, 5) is 12.0. The number of carbonyl (C=O) groups excluding carboxylic acids is 1. The van der Waals surface area contributed by atoms with Gasteiger partial charge in [0.1, 0.15) is 0 Å². The van der Waals surface area contributed by atoms with Gasteiger partial charge in [-0.15, -0.1) is 10.2 Å². The molecule has 6 nitrogen and oxygen atoms in total. The molecule has 1 N–H and O–H groups in total. The molecule has 1 unspecified atom stereocenters. The van der Waals surface area contributed by atoms with Gasteiger partial charge in [-0.2, -0.15) is 0 Å². The van der Waals surface area contributed by atoms with Gasteiger partial charge in [-0.25, -0.2) is 0 Å². The summed E-state index contributed by atoms with van der Waals surface area (Å²) < 4.78 is 10.8. The van der Waals surface area contributed by atoms with E-state index in [1.54, 1.807) is 0 Å². The number of nitrogens with one attached hydrogen (secondary N) is 1. The van der Waals surface area contributed by atoms with Crippen molar-refractivity contribution >= 4 is 28.8 Å². The summed E-state index contributed by atoms with van der Waals surface area (Å²) >= 11 is 6.70.